The summed E-state index contributed by atoms with van der Waals surface area (Å²) < 4.78 is 65.4. The van der Waals surface area contributed by atoms with Gasteiger partial charge in [-0.05, 0) is 36.4 Å². The zero-order valence-corrected chi connectivity index (χ0v) is 30.5. The van der Waals surface area contributed by atoms with Crippen LogP contribution in [0.2, 0.25) is 0 Å². The summed E-state index contributed by atoms with van der Waals surface area (Å²) in [5.41, 5.74) is 1.25. The maximum atomic E-state index is 11.8. The van der Waals surface area contributed by atoms with E-state index in [-0.39, 0.29) is 18.5 Å². The molecule has 0 aliphatic carbocycles. The molecule has 294 valence electrons. The zero-order chi connectivity index (χ0) is 37.0. The molecule has 0 aromatic heterocycles. The molecule has 0 heterocycles. The van der Waals surface area contributed by atoms with E-state index in [2.05, 4.69) is 5.32 Å². The third-order valence-electron chi connectivity index (χ3n) is 6.49. The fraction of sp³-hybridized carbons (Fsp3) is 0.622. The monoisotopic (exact) mass is 739 g/mol. The molecule has 2 aromatic carbocycles. The minimum absolute atomic E-state index is 0.111. The van der Waals surface area contributed by atoms with Crippen molar-refractivity contribution in [3.8, 4) is 5.75 Å². The highest BCUT2D eigenvalue weighted by molar-refractivity contribution is 5.89. The number of hydrogen-bond acceptors (Lipinski definition) is 14. The maximum Gasteiger partial charge on any atom is 0.338 e. The lowest BCUT2D eigenvalue weighted by Gasteiger charge is -2.09. The molecule has 0 saturated heterocycles. The van der Waals surface area contributed by atoms with E-state index in [1.54, 1.807) is 48.5 Å². The number of anilines is 1. The van der Waals surface area contributed by atoms with Crippen LogP contribution in [0.15, 0.2) is 54.6 Å². The molecule has 52 heavy (non-hydrogen) atoms. The van der Waals surface area contributed by atoms with Crippen LogP contribution in [0.1, 0.15) is 17.3 Å². The number of hydrogen-bond donors (Lipinski definition) is 1. The first-order valence-electron chi connectivity index (χ1n) is 17.6. The second-order valence-corrected chi connectivity index (χ2v) is 10.7. The molecule has 2 aromatic rings. The molecular weight excluding hydrogens is 682 g/mol. The minimum Gasteiger partial charge on any atom is -0.491 e. The second kappa shape index (κ2) is 33.6. The lowest BCUT2D eigenvalue weighted by Crippen LogP contribution is -2.15. The van der Waals surface area contributed by atoms with Crippen LogP contribution in [0, 0.1) is 0 Å². The predicted molar refractivity (Wildman–Crippen MR) is 191 cm³/mol. The van der Waals surface area contributed by atoms with Crippen molar-refractivity contribution in [2.24, 2.45) is 0 Å². The van der Waals surface area contributed by atoms with Gasteiger partial charge in [0.1, 0.15) is 19.0 Å². The quantitative estimate of drug-likeness (QED) is 0.0804. The average molecular weight is 740 g/mol. The van der Waals surface area contributed by atoms with Crippen LogP contribution in [0.4, 0.5) is 5.69 Å². The molecule has 0 saturated carbocycles. The van der Waals surface area contributed by atoms with Gasteiger partial charge >= 0.3 is 5.97 Å². The molecule has 0 bridgehead atoms. The molecular formula is C37H57NO14. The van der Waals surface area contributed by atoms with Crippen molar-refractivity contribution < 1.29 is 66.4 Å². The highest BCUT2D eigenvalue weighted by Crippen LogP contribution is 2.15. The first-order chi connectivity index (χ1) is 25.6. The number of rotatable bonds is 36. The van der Waals surface area contributed by atoms with Gasteiger partial charge in [-0.2, -0.15) is 0 Å². The third kappa shape index (κ3) is 27.4. The van der Waals surface area contributed by atoms with E-state index in [0.29, 0.717) is 150 Å². The summed E-state index contributed by atoms with van der Waals surface area (Å²) in [6.07, 6.45) is 0. The summed E-state index contributed by atoms with van der Waals surface area (Å²) in [6.45, 7) is 11.4. The van der Waals surface area contributed by atoms with Gasteiger partial charge in [-0.1, -0.05) is 18.2 Å². The van der Waals surface area contributed by atoms with E-state index in [1.807, 2.05) is 6.07 Å². The number of carbonyl (C=O) groups is 2. The fourth-order valence-corrected chi connectivity index (χ4v) is 3.99. The van der Waals surface area contributed by atoms with E-state index in [1.165, 1.54) is 6.92 Å². The molecule has 2 rings (SSSR count). The van der Waals surface area contributed by atoms with Crippen LogP contribution in [-0.4, -0.2) is 157 Å². The van der Waals surface area contributed by atoms with E-state index >= 15 is 0 Å². The van der Waals surface area contributed by atoms with Gasteiger partial charge in [0.15, 0.2) is 0 Å². The van der Waals surface area contributed by atoms with Crippen LogP contribution in [0.3, 0.4) is 0 Å². The van der Waals surface area contributed by atoms with E-state index in [9.17, 15) is 9.59 Å². The van der Waals surface area contributed by atoms with Crippen LogP contribution in [0.5, 0.6) is 5.75 Å². The molecule has 15 heteroatoms. The van der Waals surface area contributed by atoms with Gasteiger partial charge in [0.25, 0.3) is 0 Å². The van der Waals surface area contributed by atoms with Crippen molar-refractivity contribution in [3.05, 3.63) is 60.2 Å². The molecule has 0 spiro atoms. The van der Waals surface area contributed by atoms with Crippen LogP contribution in [0.25, 0.3) is 0 Å². The summed E-state index contributed by atoms with van der Waals surface area (Å²) in [6, 6.07) is 16.0. The van der Waals surface area contributed by atoms with Crippen molar-refractivity contribution in [3.63, 3.8) is 0 Å². The molecule has 15 nitrogen and oxygen atoms in total. The van der Waals surface area contributed by atoms with Crippen LogP contribution >= 0.6 is 0 Å². The van der Waals surface area contributed by atoms with Crippen LogP contribution in [-0.2, 0) is 56.9 Å². The Labute approximate surface area is 307 Å². The van der Waals surface area contributed by atoms with Gasteiger partial charge in [0.05, 0.1) is 138 Å². The van der Waals surface area contributed by atoms with E-state index in [4.69, 9.17) is 56.8 Å². The third-order valence-corrected chi connectivity index (χ3v) is 6.49. The van der Waals surface area contributed by atoms with Crippen LogP contribution < -0.4 is 10.1 Å². The molecule has 0 unspecified atom stereocenters. The average Bonchev–Trinajstić information content (AvgIpc) is 3.15. The van der Waals surface area contributed by atoms with E-state index in [0.717, 1.165) is 5.69 Å². The van der Waals surface area contributed by atoms with Gasteiger partial charge in [-0.3, -0.25) is 4.79 Å². The lowest BCUT2D eigenvalue weighted by molar-refractivity contribution is -0.114. The van der Waals surface area contributed by atoms with Crippen molar-refractivity contribution >= 4 is 17.6 Å². The molecule has 0 fully saturated rings. The Morgan fingerprint density at radius 1 is 0.423 bits per heavy atom. The Balaban J connectivity index is 1.16. The van der Waals surface area contributed by atoms with Gasteiger partial charge in [0.2, 0.25) is 5.91 Å². The van der Waals surface area contributed by atoms with Gasteiger partial charge in [-0.25, -0.2) is 4.79 Å². The molecule has 0 radical (unpaired) electrons. The topological polar surface area (TPSA) is 157 Å². The maximum absolute atomic E-state index is 11.8. The number of nitrogens with one attached hydrogen (secondary N) is 1. The standard InChI is InChI=1S/C37H57NO14/c1-33(39)38-35-7-9-36(10-8-35)51-31-29-49-27-25-47-23-21-45-19-17-43-15-13-41-11-12-42-14-16-44-18-20-46-22-24-48-26-28-50-30-32-52-37(40)34-5-3-2-4-6-34/h2-10H,11-32H2,1H3,(H,38,39). The summed E-state index contributed by atoms with van der Waals surface area (Å²) >= 11 is 0. The minimum atomic E-state index is -0.360. The number of benzene rings is 2. The van der Waals surface area contributed by atoms with Gasteiger partial charge in [-0.15, -0.1) is 0 Å². The zero-order valence-electron chi connectivity index (χ0n) is 30.5. The fourth-order valence-electron chi connectivity index (χ4n) is 3.99. The van der Waals surface area contributed by atoms with Crippen molar-refractivity contribution in [2.45, 2.75) is 6.92 Å². The van der Waals surface area contributed by atoms with E-state index < -0.39 is 0 Å². The Morgan fingerprint density at radius 2 is 0.750 bits per heavy atom. The first-order valence-corrected chi connectivity index (χ1v) is 17.6. The Morgan fingerprint density at radius 3 is 1.10 bits per heavy atom. The number of esters is 1. The SMILES string of the molecule is CC(=O)Nc1ccc(OCCOCCOCCOCCOCCOCCOCCOCCOCCOCCOCCOC(=O)c2ccccc2)cc1. The Hall–Kier alpha value is -3.22. The molecule has 0 aliphatic rings. The molecule has 1 amide bonds. The lowest BCUT2D eigenvalue weighted by atomic mass is 10.2. The largest absolute Gasteiger partial charge is 0.491 e. The smallest absolute Gasteiger partial charge is 0.338 e. The highest BCUT2D eigenvalue weighted by atomic mass is 16.6. The molecule has 0 aliphatic heterocycles. The Kier molecular flexibility index (Phi) is 29.0. The summed E-state index contributed by atoms with van der Waals surface area (Å²) in [5.74, 6) is 0.240. The highest BCUT2D eigenvalue weighted by Gasteiger charge is 2.05. The second-order valence-electron chi connectivity index (χ2n) is 10.7. The molecule has 1 N–H and O–H groups in total. The van der Waals surface area contributed by atoms with Crippen molar-refractivity contribution in [2.75, 3.05) is 151 Å². The first kappa shape index (κ1) is 44.9. The Bertz CT molecular complexity index is 1110. The summed E-state index contributed by atoms with van der Waals surface area (Å²) in [5, 5.41) is 2.71. The predicted octanol–water partition coefficient (Wildman–Crippen LogP) is 3.05. The number of ether oxygens (including phenoxy) is 12. The van der Waals surface area contributed by atoms with Gasteiger partial charge in [0, 0.05) is 12.6 Å². The number of amides is 1. The molecule has 0 atom stereocenters. The van der Waals surface area contributed by atoms with Gasteiger partial charge < -0.3 is 62.2 Å². The summed E-state index contributed by atoms with van der Waals surface area (Å²) in [4.78, 5) is 22.8. The van der Waals surface area contributed by atoms with Crippen molar-refractivity contribution in [1.82, 2.24) is 0 Å². The van der Waals surface area contributed by atoms with Crippen molar-refractivity contribution in [1.29, 1.82) is 0 Å². The normalized spacial score (nSPS) is 11.1. The number of carbonyl (C=O) groups excluding carboxylic acids is 2. The summed E-state index contributed by atoms with van der Waals surface area (Å²) in [7, 11) is 0.